The number of carbonyl (C=O) groups is 1. The van der Waals surface area contributed by atoms with Gasteiger partial charge < -0.3 is 14.6 Å². The molecule has 1 aromatic rings. The minimum atomic E-state index is -0.539. The SMILES string of the molecule is CSC(C)c1nc(C2(NC(=O)OC(C)(C)C)CCC2)no1. The number of alkyl carbamates (subject to hydrolysis) is 1. The molecule has 0 bridgehead atoms. The predicted molar refractivity (Wildman–Crippen MR) is 81.1 cm³/mol. The van der Waals surface area contributed by atoms with Crippen molar-refractivity contribution in [1.82, 2.24) is 15.5 Å². The van der Waals surface area contributed by atoms with Gasteiger partial charge in [0.1, 0.15) is 11.1 Å². The van der Waals surface area contributed by atoms with Gasteiger partial charge >= 0.3 is 6.09 Å². The minimum absolute atomic E-state index is 0.143. The molecule has 0 aliphatic heterocycles. The number of aromatic nitrogens is 2. The summed E-state index contributed by atoms with van der Waals surface area (Å²) in [5.74, 6) is 1.14. The van der Waals surface area contributed by atoms with E-state index >= 15 is 0 Å². The Bertz CT molecular complexity index is 506. The van der Waals surface area contributed by atoms with E-state index in [-0.39, 0.29) is 5.25 Å². The van der Waals surface area contributed by atoms with Crippen LogP contribution in [0.2, 0.25) is 0 Å². The first kappa shape index (κ1) is 16.1. The summed E-state index contributed by atoms with van der Waals surface area (Å²) in [7, 11) is 0. The molecule has 118 valence electrons. The van der Waals surface area contributed by atoms with Crippen LogP contribution in [0.25, 0.3) is 0 Å². The molecule has 0 saturated heterocycles. The summed E-state index contributed by atoms with van der Waals surface area (Å²) < 4.78 is 10.6. The average molecular weight is 313 g/mol. The van der Waals surface area contributed by atoms with Crippen molar-refractivity contribution >= 4 is 17.9 Å². The third kappa shape index (κ3) is 3.70. The zero-order valence-corrected chi connectivity index (χ0v) is 14.0. The Labute approximate surface area is 129 Å². The van der Waals surface area contributed by atoms with E-state index in [9.17, 15) is 4.79 Å². The highest BCUT2D eigenvalue weighted by molar-refractivity contribution is 7.98. The van der Waals surface area contributed by atoms with E-state index in [1.54, 1.807) is 11.8 Å². The molecule has 1 aliphatic rings. The zero-order chi connectivity index (χ0) is 15.7. The number of hydrogen-bond donors (Lipinski definition) is 1. The van der Waals surface area contributed by atoms with E-state index < -0.39 is 17.2 Å². The summed E-state index contributed by atoms with van der Waals surface area (Å²) in [5, 5.41) is 7.12. The van der Waals surface area contributed by atoms with Crippen molar-refractivity contribution in [2.45, 2.75) is 63.3 Å². The second-order valence-electron chi connectivity index (χ2n) is 6.40. The fourth-order valence-electron chi connectivity index (χ4n) is 2.13. The molecule has 1 N–H and O–H groups in total. The van der Waals surface area contributed by atoms with E-state index in [0.717, 1.165) is 19.3 Å². The molecule has 0 spiro atoms. The number of rotatable bonds is 4. The largest absolute Gasteiger partial charge is 0.444 e. The van der Waals surface area contributed by atoms with Gasteiger partial charge in [0.25, 0.3) is 0 Å². The number of hydrogen-bond acceptors (Lipinski definition) is 6. The van der Waals surface area contributed by atoms with Crippen LogP contribution in [0.4, 0.5) is 4.79 Å². The molecule has 1 heterocycles. The lowest BCUT2D eigenvalue weighted by Crippen LogP contribution is -2.52. The second-order valence-corrected chi connectivity index (χ2v) is 7.58. The fourth-order valence-corrected chi connectivity index (χ4v) is 2.43. The number of ether oxygens (including phenoxy) is 1. The molecule has 21 heavy (non-hydrogen) atoms. The van der Waals surface area contributed by atoms with Crippen LogP contribution in [-0.2, 0) is 10.3 Å². The molecule has 1 aromatic heterocycles. The molecule has 1 fully saturated rings. The summed E-state index contributed by atoms with van der Waals surface area (Å²) in [6.45, 7) is 7.53. The van der Waals surface area contributed by atoms with E-state index in [2.05, 4.69) is 15.5 Å². The van der Waals surface area contributed by atoms with Crippen LogP contribution in [0.5, 0.6) is 0 Å². The Kier molecular flexibility index (Phi) is 4.51. The molecule has 1 atom stereocenters. The molecule has 6 nitrogen and oxygen atoms in total. The second kappa shape index (κ2) is 5.87. The normalized spacial score (nSPS) is 18.7. The fraction of sp³-hybridized carbons (Fsp3) is 0.786. The van der Waals surface area contributed by atoms with Crippen LogP contribution in [0, 0.1) is 0 Å². The number of nitrogens with zero attached hydrogens (tertiary/aromatic N) is 2. The van der Waals surface area contributed by atoms with Gasteiger partial charge in [0, 0.05) is 0 Å². The topological polar surface area (TPSA) is 77.2 Å². The van der Waals surface area contributed by atoms with Gasteiger partial charge in [-0.15, -0.1) is 0 Å². The van der Waals surface area contributed by atoms with Crippen LogP contribution in [0.1, 0.15) is 63.9 Å². The van der Waals surface area contributed by atoms with E-state index in [4.69, 9.17) is 9.26 Å². The van der Waals surface area contributed by atoms with E-state index in [1.807, 2.05) is 34.0 Å². The molecule has 7 heteroatoms. The van der Waals surface area contributed by atoms with Crippen LogP contribution < -0.4 is 5.32 Å². The maximum absolute atomic E-state index is 12.0. The molecule has 1 unspecified atom stereocenters. The third-order valence-electron chi connectivity index (χ3n) is 3.52. The quantitative estimate of drug-likeness (QED) is 0.918. The number of amides is 1. The maximum atomic E-state index is 12.0. The van der Waals surface area contributed by atoms with E-state index in [1.165, 1.54) is 0 Å². The minimum Gasteiger partial charge on any atom is -0.444 e. The molecule has 1 saturated carbocycles. The lowest BCUT2D eigenvalue weighted by molar-refractivity contribution is 0.0362. The Morgan fingerprint density at radius 2 is 2.14 bits per heavy atom. The predicted octanol–water partition coefficient (Wildman–Crippen LogP) is 3.40. The van der Waals surface area contributed by atoms with Gasteiger partial charge in [0.15, 0.2) is 5.82 Å². The first-order chi connectivity index (χ1) is 9.76. The molecule has 0 radical (unpaired) electrons. The standard InChI is InChI=1S/C14H23N3O3S/c1-9(21-5)10-15-11(17-20-10)14(7-6-8-14)16-12(18)19-13(2,3)4/h9H,6-8H2,1-5H3,(H,16,18). The molecular formula is C14H23N3O3S. The van der Waals surface area contributed by atoms with Crippen molar-refractivity contribution in [2.24, 2.45) is 0 Å². The summed E-state index contributed by atoms with van der Waals surface area (Å²) in [5.41, 5.74) is -1.06. The maximum Gasteiger partial charge on any atom is 0.408 e. The van der Waals surface area contributed by atoms with Crippen molar-refractivity contribution in [3.63, 3.8) is 0 Å². The smallest absolute Gasteiger partial charge is 0.408 e. The average Bonchev–Trinajstić information content (AvgIpc) is 2.80. The van der Waals surface area contributed by atoms with Crippen LogP contribution >= 0.6 is 11.8 Å². The Balaban J connectivity index is 2.11. The molecule has 1 amide bonds. The summed E-state index contributed by atoms with van der Waals surface area (Å²) >= 11 is 1.64. The Morgan fingerprint density at radius 1 is 1.48 bits per heavy atom. The molecule has 1 aliphatic carbocycles. The number of carbonyl (C=O) groups excluding carboxylic acids is 1. The Morgan fingerprint density at radius 3 is 2.62 bits per heavy atom. The van der Waals surface area contributed by atoms with Crippen LogP contribution in [0.3, 0.4) is 0 Å². The van der Waals surface area contributed by atoms with Gasteiger partial charge in [-0.1, -0.05) is 5.16 Å². The van der Waals surface area contributed by atoms with Gasteiger partial charge in [-0.05, 0) is 53.2 Å². The first-order valence-electron chi connectivity index (χ1n) is 7.14. The molecular weight excluding hydrogens is 290 g/mol. The lowest BCUT2D eigenvalue weighted by atomic mass is 9.76. The zero-order valence-electron chi connectivity index (χ0n) is 13.2. The van der Waals surface area contributed by atoms with Crippen LogP contribution in [0.15, 0.2) is 4.52 Å². The number of nitrogens with one attached hydrogen (secondary N) is 1. The van der Waals surface area contributed by atoms with Crippen molar-refractivity contribution in [3.05, 3.63) is 11.7 Å². The van der Waals surface area contributed by atoms with Gasteiger partial charge in [-0.3, -0.25) is 0 Å². The summed E-state index contributed by atoms with van der Waals surface area (Å²) in [6, 6.07) is 0. The van der Waals surface area contributed by atoms with Gasteiger partial charge in [-0.2, -0.15) is 16.7 Å². The van der Waals surface area contributed by atoms with Crippen molar-refractivity contribution < 1.29 is 14.1 Å². The molecule has 2 rings (SSSR count). The molecule has 0 aromatic carbocycles. The number of thioether (sulfide) groups is 1. The van der Waals surface area contributed by atoms with Gasteiger partial charge in [0.05, 0.1) is 5.25 Å². The monoisotopic (exact) mass is 313 g/mol. The lowest BCUT2D eigenvalue weighted by Gasteiger charge is -2.39. The third-order valence-corrected chi connectivity index (χ3v) is 4.43. The van der Waals surface area contributed by atoms with Gasteiger partial charge in [-0.25, -0.2) is 4.79 Å². The van der Waals surface area contributed by atoms with Crippen molar-refractivity contribution in [1.29, 1.82) is 0 Å². The Hall–Kier alpha value is -1.24. The summed E-state index contributed by atoms with van der Waals surface area (Å²) in [4.78, 5) is 16.5. The van der Waals surface area contributed by atoms with Gasteiger partial charge in [0.2, 0.25) is 5.89 Å². The highest BCUT2D eigenvalue weighted by Crippen LogP contribution is 2.40. The highest BCUT2D eigenvalue weighted by atomic mass is 32.2. The summed E-state index contributed by atoms with van der Waals surface area (Å²) in [6.07, 6.45) is 4.19. The van der Waals surface area contributed by atoms with Crippen LogP contribution in [-0.4, -0.2) is 28.1 Å². The van der Waals surface area contributed by atoms with Crippen molar-refractivity contribution in [3.8, 4) is 0 Å². The van der Waals surface area contributed by atoms with Crippen molar-refractivity contribution in [2.75, 3.05) is 6.26 Å². The van der Waals surface area contributed by atoms with E-state index in [0.29, 0.717) is 11.7 Å². The first-order valence-corrected chi connectivity index (χ1v) is 8.42. The highest BCUT2D eigenvalue weighted by Gasteiger charge is 2.45.